The summed E-state index contributed by atoms with van der Waals surface area (Å²) < 4.78 is 36.2. The number of esters is 1. The molecule has 2 heterocycles. The second kappa shape index (κ2) is 9.82. The van der Waals surface area contributed by atoms with Crippen molar-refractivity contribution in [2.75, 3.05) is 25.0 Å². The standard InChI is InChI=1S/C18H21ClN4O5S2/c1-2-28-18(25)15-17(29-22-21-15)20-16(24)12-7-8-13(19)14(11-12)30(26,27)23-9-5-3-4-6-10-23/h7-8,11H,2-6,9-10H2,1H3,(H,20,24). The Morgan fingerprint density at radius 3 is 2.60 bits per heavy atom. The molecule has 0 bridgehead atoms. The van der Waals surface area contributed by atoms with Crippen LogP contribution in [-0.2, 0) is 14.8 Å². The van der Waals surface area contributed by atoms with Crippen molar-refractivity contribution in [3.63, 3.8) is 0 Å². The van der Waals surface area contributed by atoms with Gasteiger partial charge < -0.3 is 10.1 Å². The highest BCUT2D eigenvalue weighted by Gasteiger charge is 2.28. The number of halogens is 1. The van der Waals surface area contributed by atoms with Gasteiger partial charge in [0.05, 0.1) is 11.6 Å². The van der Waals surface area contributed by atoms with E-state index in [1.165, 1.54) is 22.5 Å². The molecule has 1 aliphatic heterocycles. The molecule has 1 N–H and O–H groups in total. The van der Waals surface area contributed by atoms with E-state index < -0.39 is 21.9 Å². The summed E-state index contributed by atoms with van der Waals surface area (Å²) in [6.45, 7) is 2.64. The lowest BCUT2D eigenvalue weighted by Crippen LogP contribution is -2.32. The molecule has 0 radical (unpaired) electrons. The van der Waals surface area contributed by atoms with Crippen molar-refractivity contribution in [2.24, 2.45) is 0 Å². The molecule has 0 aliphatic carbocycles. The number of rotatable bonds is 6. The predicted molar refractivity (Wildman–Crippen MR) is 112 cm³/mol. The van der Waals surface area contributed by atoms with Gasteiger partial charge in [0, 0.05) is 30.2 Å². The van der Waals surface area contributed by atoms with Crippen molar-refractivity contribution in [3.05, 3.63) is 34.5 Å². The van der Waals surface area contributed by atoms with Gasteiger partial charge in [0.1, 0.15) is 4.90 Å². The van der Waals surface area contributed by atoms with Gasteiger partial charge >= 0.3 is 5.97 Å². The summed E-state index contributed by atoms with van der Waals surface area (Å²) >= 11 is 6.99. The topological polar surface area (TPSA) is 119 Å². The average Bonchev–Trinajstić information content (AvgIpc) is 2.99. The number of ether oxygens (including phenoxy) is 1. The number of carbonyl (C=O) groups excluding carboxylic acids is 2. The van der Waals surface area contributed by atoms with E-state index in [1.54, 1.807) is 6.92 Å². The molecule has 1 fully saturated rings. The Morgan fingerprint density at radius 1 is 1.23 bits per heavy atom. The highest BCUT2D eigenvalue weighted by Crippen LogP contribution is 2.28. The zero-order valence-electron chi connectivity index (χ0n) is 16.3. The Kier molecular flexibility index (Phi) is 7.40. The Bertz CT molecular complexity index is 1030. The molecule has 9 nitrogen and oxygen atoms in total. The molecule has 1 aliphatic rings. The number of benzene rings is 1. The Morgan fingerprint density at radius 2 is 1.93 bits per heavy atom. The molecule has 1 saturated heterocycles. The summed E-state index contributed by atoms with van der Waals surface area (Å²) in [5.74, 6) is -1.32. The molecule has 0 spiro atoms. The Labute approximate surface area is 183 Å². The summed E-state index contributed by atoms with van der Waals surface area (Å²) in [5, 5.41) is 6.37. The zero-order valence-corrected chi connectivity index (χ0v) is 18.6. The van der Waals surface area contributed by atoms with Crippen LogP contribution in [0.25, 0.3) is 0 Å². The largest absolute Gasteiger partial charge is 0.461 e. The molecular weight excluding hydrogens is 452 g/mol. The van der Waals surface area contributed by atoms with Crippen LogP contribution in [-0.4, -0.2) is 53.9 Å². The summed E-state index contributed by atoms with van der Waals surface area (Å²) in [6, 6.07) is 4.03. The van der Waals surface area contributed by atoms with Crippen LogP contribution in [0.3, 0.4) is 0 Å². The van der Waals surface area contributed by atoms with E-state index in [1.807, 2.05) is 0 Å². The van der Waals surface area contributed by atoms with Gasteiger partial charge in [-0.1, -0.05) is 28.9 Å². The second-order valence-corrected chi connectivity index (χ2v) is 9.66. The molecule has 0 atom stereocenters. The highest BCUT2D eigenvalue weighted by atomic mass is 35.5. The monoisotopic (exact) mass is 472 g/mol. The Hall–Kier alpha value is -2.08. The summed E-state index contributed by atoms with van der Waals surface area (Å²) in [7, 11) is -3.84. The van der Waals surface area contributed by atoms with Crippen molar-refractivity contribution < 1.29 is 22.7 Å². The first kappa shape index (κ1) is 22.6. The van der Waals surface area contributed by atoms with Crippen LogP contribution in [0.4, 0.5) is 5.00 Å². The lowest BCUT2D eigenvalue weighted by molar-refractivity contribution is 0.0520. The first-order valence-electron chi connectivity index (χ1n) is 9.45. The molecule has 2 aromatic rings. The van der Waals surface area contributed by atoms with E-state index >= 15 is 0 Å². The lowest BCUT2D eigenvalue weighted by atomic mass is 10.2. The van der Waals surface area contributed by atoms with Crippen LogP contribution in [0.5, 0.6) is 0 Å². The van der Waals surface area contributed by atoms with Gasteiger partial charge in [-0.15, -0.1) is 5.10 Å². The molecule has 162 valence electrons. The number of sulfonamides is 1. The fraction of sp³-hybridized carbons (Fsp3) is 0.444. The van der Waals surface area contributed by atoms with E-state index in [2.05, 4.69) is 14.9 Å². The number of hydrogen-bond acceptors (Lipinski definition) is 8. The fourth-order valence-electron chi connectivity index (χ4n) is 3.04. The average molecular weight is 473 g/mol. The molecule has 30 heavy (non-hydrogen) atoms. The van der Waals surface area contributed by atoms with E-state index in [9.17, 15) is 18.0 Å². The highest BCUT2D eigenvalue weighted by molar-refractivity contribution is 7.89. The molecule has 3 rings (SSSR count). The number of amides is 1. The molecule has 0 unspecified atom stereocenters. The number of nitrogens with one attached hydrogen (secondary N) is 1. The van der Waals surface area contributed by atoms with Crippen molar-refractivity contribution in [1.82, 2.24) is 13.9 Å². The number of nitrogens with zero attached hydrogens (tertiary/aromatic N) is 3. The molecule has 1 aromatic carbocycles. The predicted octanol–water partition coefficient (Wildman–Crippen LogP) is 3.19. The maximum Gasteiger partial charge on any atom is 0.362 e. The normalized spacial score (nSPS) is 15.4. The van der Waals surface area contributed by atoms with E-state index in [4.69, 9.17) is 16.3 Å². The van der Waals surface area contributed by atoms with Crippen LogP contribution < -0.4 is 5.32 Å². The van der Waals surface area contributed by atoms with Gasteiger partial charge in [-0.2, -0.15) is 4.31 Å². The maximum atomic E-state index is 13.1. The number of aromatic nitrogens is 2. The minimum atomic E-state index is -3.84. The van der Waals surface area contributed by atoms with Crippen LogP contribution in [0.2, 0.25) is 5.02 Å². The van der Waals surface area contributed by atoms with Crippen LogP contribution in [0.15, 0.2) is 23.1 Å². The molecule has 0 saturated carbocycles. The SMILES string of the molecule is CCOC(=O)c1nnsc1NC(=O)c1ccc(Cl)c(S(=O)(=O)N2CCCCCC2)c1. The first-order chi connectivity index (χ1) is 14.3. The quantitative estimate of drug-likeness (QED) is 0.641. The van der Waals surface area contributed by atoms with Crippen LogP contribution >= 0.6 is 23.1 Å². The first-order valence-corrected chi connectivity index (χ1v) is 12.0. The van der Waals surface area contributed by atoms with Gasteiger partial charge in [-0.25, -0.2) is 13.2 Å². The number of carbonyl (C=O) groups is 2. The van der Waals surface area contributed by atoms with Crippen LogP contribution in [0.1, 0.15) is 53.5 Å². The van der Waals surface area contributed by atoms with Crippen LogP contribution in [0, 0.1) is 0 Å². The van der Waals surface area contributed by atoms with E-state index in [0.29, 0.717) is 13.1 Å². The van der Waals surface area contributed by atoms with Gasteiger partial charge in [0.15, 0.2) is 5.00 Å². The third-order valence-electron chi connectivity index (χ3n) is 4.56. The Balaban J connectivity index is 1.85. The fourth-order valence-corrected chi connectivity index (χ4v) is 5.61. The molecule has 12 heteroatoms. The lowest BCUT2D eigenvalue weighted by Gasteiger charge is -2.21. The zero-order chi connectivity index (χ0) is 21.7. The van der Waals surface area contributed by atoms with Crippen molar-refractivity contribution in [1.29, 1.82) is 0 Å². The number of hydrogen-bond donors (Lipinski definition) is 1. The molecule has 1 aromatic heterocycles. The summed E-state index contributed by atoms with van der Waals surface area (Å²) in [5.41, 5.74) is -0.0300. The maximum absolute atomic E-state index is 13.1. The third-order valence-corrected chi connectivity index (χ3v) is 7.58. The summed E-state index contributed by atoms with van der Waals surface area (Å²) in [6.07, 6.45) is 3.53. The van der Waals surface area contributed by atoms with Gasteiger partial charge in [0.2, 0.25) is 15.7 Å². The minimum Gasteiger partial charge on any atom is -0.461 e. The van der Waals surface area contributed by atoms with Gasteiger partial charge in [-0.05, 0) is 38.0 Å². The van der Waals surface area contributed by atoms with Crippen molar-refractivity contribution in [2.45, 2.75) is 37.5 Å². The molecule has 1 amide bonds. The van der Waals surface area contributed by atoms with Crippen molar-refractivity contribution in [3.8, 4) is 0 Å². The summed E-state index contributed by atoms with van der Waals surface area (Å²) in [4.78, 5) is 24.5. The molecular formula is C18H21ClN4O5S2. The van der Waals surface area contributed by atoms with E-state index in [-0.39, 0.29) is 32.8 Å². The third kappa shape index (κ3) is 4.97. The van der Waals surface area contributed by atoms with Gasteiger partial charge in [-0.3, -0.25) is 4.79 Å². The minimum absolute atomic E-state index is 0.0440. The van der Waals surface area contributed by atoms with E-state index in [0.717, 1.165) is 37.2 Å². The second-order valence-electron chi connectivity index (χ2n) is 6.59. The smallest absolute Gasteiger partial charge is 0.362 e. The van der Waals surface area contributed by atoms with Gasteiger partial charge in [0.25, 0.3) is 5.91 Å². The van der Waals surface area contributed by atoms with Crippen molar-refractivity contribution >= 4 is 50.0 Å². The number of anilines is 1.